The highest BCUT2D eigenvalue weighted by molar-refractivity contribution is 8.07. The first-order valence-corrected chi connectivity index (χ1v) is 9.63. The molecule has 0 bridgehead atoms. The van der Waals surface area contributed by atoms with E-state index in [1.165, 1.54) is 10.9 Å². The van der Waals surface area contributed by atoms with Crippen LogP contribution in [-0.2, 0) is 4.79 Å². The third-order valence-electron chi connectivity index (χ3n) is 3.03. The van der Waals surface area contributed by atoms with E-state index in [1.807, 2.05) is 27.7 Å². The van der Waals surface area contributed by atoms with E-state index in [0.29, 0.717) is 33.7 Å². The first kappa shape index (κ1) is 24.0. The molecule has 0 saturated heterocycles. The molecule has 25 heavy (non-hydrogen) atoms. The van der Waals surface area contributed by atoms with Crippen LogP contribution < -0.4 is 0 Å². The number of halogens is 2. The van der Waals surface area contributed by atoms with Crippen LogP contribution in [0.25, 0.3) is 5.82 Å². The number of ketones is 1. The van der Waals surface area contributed by atoms with Gasteiger partial charge in [0, 0.05) is 19.1 Å². The molecule has 0 amide bonds. The number of nitrogens with zero attached hydrogens (tertiary/aromatic N) is 4. The Hall–Kier alpha value is -1.00. The first-order chi connectivity index (χ1) is 11.9. The average Bonchev–Trinajstić information content (AvgIpc) is 3.00. The molecule has 1 aromatic heterocycles. The van der Waals surface area contributed by atoms with Gasteiger partial charge < -0.3 is 0 Å². The van der Waals surface area contributed by atoms with Crippen LogP contribution in [0.4, 0.5) is 13.6 Å². The van der Waals surface area contributed by atoms with Crippen molar-refractivity contribution in [2.24, 2.45) is 10.9 Å². The van der Waals surface area contributed by atoms with Crippen molar-refractivity contribution in [2.45, 2.75) is 51.9 Å². The van der Waals surface area contributed by atoms with Gasteiger partial charge in [-0.1, -0.05) is 34.3 Å². The van der Waals surface area contributed by atoms with Crippen LogP contribution in [0.3, 0.4) is 0 Å². The first-order valence-electron chi connectivity index (χ1n) is 7.84. The van der Waals surface area contributed by atoms with E-state index in [9.17, 15) is 12.6 Å². The predicted octanol–water partition coefficient (Wildman–Crippen LogP) is 6.09. The zero-order valence-corrected chi connectivity index (χ0v) is 17.3. The number of hydrogen-bond donors (Lipinski definition) is 1. The molecule has 1 rings (SSSR count). The van der Waals surface area contributed by atoms with Gasteiger partial charge in [-0.15, -0.1) is 20.4 Å². The van der Waals surface area contributed by atoms with E-state index in [-0.39, 0.29) is 42.2 Å². The smallest absolute Gasteiger partial charge is 0.179 e. The van der Waals surface area contributed by atoms with Crippen LogP contribution in [0.5, 0.6) is 0 Å². The maximum atomic E-state index is 12.6. The average molecular weight is 411 g/mol. The van der Waals surface area contributed by atoms with Gasteiger partial charge in [-0.25, -0.2) is 4.99 Å². The summed E-state index contributed by atoms with van der Waals surface area (Å²) >= 11 is 3.58. The summed E-state index contributed by atoms with van der Waals surface area (Å²) in [6, 6.07) is 0. The highest BCUT2D eigenvalue weighted by atomic mass is 32.3. The quantitative estimate of drug-likeness (QED) is 0.287. The fourth-order valence-corrected chi connectivity index (χ4v) is 2.25. The van der Waals surface area contributed by atoms with Gasteiger partial charge in [0.15, 0.2) is 36.3 Å². The van der Waals surface area contributed by atoms with E-state index < -0.39 is 0 Å². The van der Waals surface area contributed by atoms with Crippen molar-refractivity contribution < 1.29 is 12.6 Å². The number of Topliss-reactive ketones (excluding diaryl/α,β-unsaturated/α-hetero) is 1. The molecule has 0 fully saturated rings. The van der Waals surface area contributed by atoms with E-state index >= 15 is 0 Å². The molecular formula is C15H24F2N4OS3. The second kappa shape index (κ2) is 13.2. The van der Waals surface area contributed by atoms with Crippen LogP contribution in [0.15, 0.2) is 22.7 Å². The Labute approximate surface area is 162 Å². The largest absolute Gasteiger partial charge is 0.300 e. The molecular weight excluding hydrogens is 386 g/mol. The van der Waals surface area contributed by atoms with E-state index in [2.05, 4.69) is 29.3 Å². The molecule has 10 heteroatoms. The molecule has 1 atom stereocenters. The third-order valence-corrected chi connectivity index (χ3v) is 4.36. The van der Waals surface area contributed by atoms with E-state index in [4.69, 9.17) is 0 Å². The molecule has 0 aliphatic rings. The number of carbonyl (C=O) groups excluding carboxylic acids is 1. The van der Waals surface area contributed by atoms with Crippen molar-refractivity contribution in [3.8, 4) is 0 Å². The molecule has 0 saturated carbocycles. The van der Waals surface area contributed by atoms with Crippen LogP contribution >= 0.6 is 37.3 Å². The van der Waals surface area contributed by atoms with Crippen LogP contribution in [-0.4, -0.2) is 25.5 Å². The summed E-state index contributed by atoms with van der Waals surface area (Å²) in [7, 11) is 0. The van der Waals surface area contributed by atoms with Gasteiger partial charge in [0.1, 0.15) is 5.78 Å². The Kier molecular flexibility index (Phi) is 12.7. The van der Waals surface area contributed by atoms with Gasteiger partial charge in [0.25, 0.3) is 0 Å². The Bertz CT molecular complexity index is 577. The summed E-state index contributed by atoms with van der Waals surface area (Å²) in [5.74, 6) is 0.553. The lowest BCUT2D eigenvalue weighted by atomic mass is 10.0. The minimum absolute atomic E-state index is 0.0359. The highest BCUT2D eigenvalue weighted by Gasteiger charge is 2.17. The fourth-order valence-electron chi connectivity index (χ4n) is 1.65. The van der Waals surface area contributed by atoms with Gasteiger partial charge in [-0.05, 0) is 12.3 Å². The van der Waals surface area contributed by atoms with Crippen LogP contribution in [0.1, 0.15) is 47.0 Å². The molecule has 0 aromatic carbocycles. The van der Waals surface area contributed by atoms with Crippen LogP contribution in [0.2, 0.25) is 0 Å². The number of rotatable bonds is 10. The Morgan fingerprint density at radius 1 is 1.52 bits per heavy atom. The topological polar surface area (TPSA) is 50.5 Å². The monoisotopic (exact) mass is 410 g/mol. The summed E-state index contributed by atoms with van der Waals surface area (Å²) in [5.41, 5.74) is 0. The molecule has 0 spiro atoms. The summed E-state index contributed by atoms with van der Waals surface area (Å²) in [5, 5.41) is 3.97. The van der Waals surface area contributed by atoms with Gasteiger partial charge in [-0.3, -0.25) is 4.79 Å². The van der Waals surface area contributed by atoms with Crippen molar-refractivity contribution in [1.29, 1.82) is 0 Å². The predicted molar refractivity (Wildman–Crippen MR) is 107 cm³/mol. The highest BCUT2D eigenvalue weighted by Crippen LogP contribution is 2.34. The molecule has 1 aromatic rings. The minimum atomic E-state index is -0.324. The number of aliphatic imine (C=N–C) groups is 1. The summed E-state index contributed by atoms with van der Waals surface area (Å²) in [6.45, 7) is 11.4. The van der Waals surface area contributed by atoms with E-state index in [1.54, 1.807) is 6.21 Å². The molecule has 5 nitrogen and oxygen atoms in total. The van der Waals surface area contributed by atoms with Gasteiger partial charge in [0.2, 0.25) is 0 Å². The van der Waals surface area contributed by atoms with Gasteiger partial charge >= 0.3 is 0 Å². The lowest BCUT2D eigenvalue weighted by Gasteiger charge is -2.15. The number of thiol groups is 1. The van der Waals surface area contributed by atoms with Crippen molar-refractivity contribution in [3.63, 3.8) is 0 Å². The summed E-state index contributed by atoms with van der Waals surface area (Å²) < 4.78 is 27.1. The number of carbonyl (C=O) groups is 1. The maximum Gasteiger partial charge on any atom is 0.179 e. The summed E-state index contributed by atoms with van der Waals surface area (Å²) in [6.07, 6.45) is 4.78. The fraction of sp³-hybridized carbons (Fsp3) is 0.533. The second-order valence-electron chi connectivity index (χ2n) is 4.76. The van der Waals surface area contributed by atoms with Gasteiger partial charge in [-0.2, -0.15) is 13.5 Å². The molecule has 1 heterocycles. The summed E-state index contributed by atoms with van der Waals surface area (Å²) in [4.78, 5) is 16.1. The number of aromatic nitrogens is 2. The third kappa shape index (κ3) is 7.83. The standard InChI is InChI=1S/C13H18F2N4OS3.C2H6/c1-4-11(20)6-5-9(2)7-16-13-12(21)8-17-18(13)10(3)19(22-14)23-15;1-2/h7-9,21H,3-6H2,1-2H3;1-2H3/b16-7+;. The number of hydrogen-bond acceptors (Lipinski definition) is 7. The molecule has 0 N–H and O–H groups in total. The van der Waals surface area contributed by atoms with Gasteiger partial charge in [0.05, 0.1) is 11.1 Å². The minimum Gasteiger partial charge on any atom is -0.300 e. The van der Waals surface area contributed by atoms with Crippen molar-refractivity contribution >= 4 is 60.9 Å². The molecule has 142 valence electrons. The lowest BCUT2D eigenvalue weighted by molar-refractivity contribution is -0.118. The normalized spacial score (nSPS) is 11.8. The Balaban J connectivity index is 0.00000277. The van der Waals surface area contributed by atoms with Crippen molar-refractivity contribution in [3.05, 3.63) is 12.8 Å². The van der Waals surface area contributed by atoms with E-state index in [0.717, 1.165) is 0 Å². The molecule has 1 unspecified atom stereocenters. The zero-order valence-electron chi connectivity index (χ0n) is 14.8. The molecule has 0 aliphatic carbocycles. The Morgan fingerprint density at radius 3 is 2.64 bits per heavy atom. The van der Waals surface area contributed by atoms with Crippen molar-refractivity contribution in [1.82, 2.24) is 13.5 Å². The zero-order chi connectivity index (χ0) is 19.4. The molecule has 0 radical (unpaired) electrons. The molecule has 0 aliphatic heterocycles. The van der Waals surface area contributed by atoms with Crippen LogP contribution in [0, 0.1) is 5.92 Å². The lowest BCUT2D eigenvalue weighted by Crippen LogP contribution is -2.09. The van der Waals surface area contributed by atoms with Crippen molar-refractivity contribution in [2.75, 3.05) is 0 Å². The SMILES string of the molecule is C=C(N(SF)SF)n1ncc(S)c1/N=C/C(C)CCC(=O)CC.CC. The second-order valence-corrected chi connectivity index (χ2v) is 6.48. The Morgan fingerprint density at radius 2 is 2.12 bits per heavy atom. The maximum absolute atomic E-state index is 12.6.